The molecule has 0 bridgehead atoms. The van der Waals surface area contributed by atoms with Crippen LogP contribution in [0.25, 0.3) is 0 Å². The molecule has 18 heavy (non-hydrogen) atoms. The number of aromatic nitrogens is 2. The van der Waals surface area contributed by atoms with Crippen molar-refractivity contribution in [3.63, 3.8) is 0 Å². The van der Waals surface area contributed by atoms with Gasteiger partial charge in [-0.25, -0.2) is 14.2 Å². The lowest BCUT2D eigenvalue weighted by molar-refractivity contribution is 0.251. The van der Waals surface area contributed by atoms with Crippen molar-refractivity contribution in [3.05, 3.63) is 54.2 Å². The van der Waals surface area contributed by atoms with Gasteiger partial charge in [-0.2, -0.15) is 0 Å². The van der Waals surface area contributed by atoms with Gasteiger partial charge in [0.15, 0.2) is 5.82 Å². The monoisotopic (exact) mass is 246 g/mol. The molecule has 0 aliphatic heterocycles. The second-order valence-electron chi connectivity index (χ2n) is 3.52. The summed E-state index contributed by atoms with van der Waals surface area (Å²) in [6, 6.07) is 5.52. The first-order valence-corrected chi connectivity index (χ1v) is 5.29. The van der Waals surface area contributed by atoms with E-state index in [9.17, 15) is 9.18 Å². The first-order chi connectivity index (χ1) is 8.74. The minimum Gasteiger partial charge on any atom is -0.334 e. The van der Waals surface area contributed by atoms with Crippen molar-refractivity contribution in [2.75, 3.05) is 5.32 Å². The topological polar surface area (TPSA) is 66.9 Å². The number of nitrogens with one attached hydrogen (secondary N) is 2. The molecule has 1 aromatic carbocycles. The molecule has 0 aliphatic carbocycles. The number of carbonyl (C=O) groups is 1. The summed E-state index contributed by atoms with van der Waals surface area (Å²) in [5.41, 5.74) is 0.811. The van der Waals surface area contributed by atoms with Crippen LogP contribution in [-0.4, -0.2) is 16.0 Å². The molecule has 6 heteroatoms. The van der Waals surface area contributed by atoms with Crippen LogP contribution in [0.1, 0.15) is 5.56 Å². The van der Waals surface area contributed by atoms with Gasteiger partial charge in [0.25, 0.3) is 0 Å². The van der Waals surface area contributed by atoms with Gasteiger partial charge in [-0.1, -0.05) is 12.1 Å². The number of rotatable bonds is 3. The second-order valence-corrected chi connectivity index (χ2v) is 3.52. The minimum absolute atomic E-state index is 0.303. The molecule has 0 fully saturated rings. The average Bonchev–Trinajstić information content (AvgIpc) is 2.39. The highest BCUT2D eigenvalue weighted by molar-refractivity contribution is 5.87. The largest absolute Gasteiger partial charge is 0.334 e. The molecule has 0 atom stereocenters. The average molecular weight is 246 g/mol. The smallest absolute Gasteiger partial charge is 0.320 e. The van der Waals surface area contributed by atoms with Crippen molar-refractivity contribution in [1.29, 1.82) is 0 Å². The van der Waals surface area contributed by atoms with Crippen LogP contribution >= 0.6 is 0 Å². The van der Waals surface area contributed by atoms with E-state index >= 15 is 0 Å². The summed E-state index contributed by atoms with van der Waals surface area (Å²) >= 11 is 0. The number of halogens is 1. The number of nitrogens with zero attached hydrogens (tertiary/aromatic N) is 2. The SMILES string of the molecule is O=C(NCc1ccc(F)cc1)Nc1cnccn1. The molecule has 0 spiro atoms. The minimum atomic E-state index is -0.389. The van der Waals surface area contributed by atoms with Gasteiger partial charge in [0, 0.05) is 18.9 Å². The Labute approximate surface area is 103 Å². The van der Waals surface area contributed by atoms with Crippen LogP contribution in [0.15, 0.2) is 42.9 Å². The molecule has 2 amide bonds. The Hall–Kier alpha value is -2.50. The molecule has 0 aliphatic rings. The van der Waals surface area contributed by atoms with Crippen LogP contribution in [0.3, 0.4) is 0 Å². The second kappa shape index (κ2) is 5.72. The molecule has 1 heterocycles. The van der Waals surface area contributed by atoms with Gasteiger partial charge in [-0.15, -0.1) is 0 Å². The number of anilines is 1. The third-order valence-corrected chi connectivity index (χ3v) is 2.17. The Balaban J connectivity index is 1.83. The molecule has 1 aromatic heterocycles. The van der Waals surface area contributed by atoms with Gasteiger partial charge in [-0.3, -0.25) is 10.3 Å². The molecule has 0 saturated carbocycles. The molecular formula is C12H11FN4O. The summed E-state index contributed by atoms with van der Waals surface area (Å²) in [6.45, 7) is 0.312. The molecule has 2 aromatic rings. The Kier molecular flexibility index (Phi) is 3.80. The molecule has 0 unspecified atom stereocenters. The van der Waals surface area contributed by atoms with E-state index in [1.165, 1.54) is 30.7 Å². The first-order valence-electron chi connectivity index (χ1n) is 5.29. The number of hydrogen-bond acceptors (Lipinski definition) is 3. The first kappa shape index (κ1) is 12.0. The lowest BCUT2D eigenvalue weighted by Gasteiger charge is -2.06. The van der Waals surface area contributed by atoms with Crippen molar-refractivity contribution < 1.29 is 9.18 Å². The van der Waals surface area contributed by atoms with Crippen LogP contribution in [0, 0.1) is 5.82 Å². The normalized spacial score (nSPS) is 9.83. The van der Waals surface area contributed by atoms with Gasteiger partial charge in [0.2, 0.25) is 0 Å². The van der Waals surface area contributed by atoms with Crippen LogP contribution in [0.2, 0.25) is 0 Å². The van der Waals surface area contributed by atoms with Crippen LogP contribution in [0.5, 0.6) is 0 Å². The van der Waals surface area contributed by atoms with Crippen LogP contribution in [-0.2, 0) is 6.54 Å². The van der Waals surface area contributed by atoms with E-state index in [1.54, 1.807) is 12.1 Å². The Bertz CT molecular complexity index is 515. The molecule has 92 valence electrons. The predicted molar refractivity (Wildman–Crippen MR) is 64.3 cm³/mol. The van der Waals surface area contributed by atoms with E-state index in [-0.39, 0.29) is 11.8 Å². The van der Waals surface area contributed by atoms with E-state index in [4.69, 9.17) is 0 Å². The predicted octanol–water partition coefficient (Wildman–Crippen LogP) is 1.94. The van der Waals surface area contributed by atoms with Crippen LogP contribution in [0.4, 0.5) is 15.0 Å². The zero-order valence-corrected chi connectivity index (χ0v) is 9.43. The molecule has 0 saturated heterocycles. The fraction of sp³-hybridized carbons (Fsp3) is 0.0833. The number of carbonyl (C=O) groups excluding carboxylic acids is 1. The van der Waals surface area contributed by atoms with Gasteiger partial charge < -0.3 is 5.32 Å². The molecular weight excluding hydrogens is 235 g/mol. The zero-order valence-electron chi connectivity index (χ0n) is 9.43. The van der Waals surface area contributed by atoms with Gasteiger partial charge in [0.05, 0.1) is 6.20 Å². The summed E-state index contributed by atoms with van der Waals surface area (Å²) in [5, 5.41) is 5.15. The Morgan fingerprint density at radius 1 is 1.22 bits per heavy atom. The highest BCUT2D eigenvalue weighted by Crippen LogP contribution is 2.02. The third kappa shape index (κ3) is 3.51. The Morgan fingerprint density at radius 3 is 2.67 bits per heavy atom. The van der Waals surface area contributed by atoms with Crippen molar-refractivity contribution >= 4 is 11.8 Å². The van der Waals surface area contributed by atoms with Gasteiger partial charge in [0.1, 0.15) is 5.82 Å². The number of amides is 2. The maximum atomic E-state index is 12.7. The maximum absolute atomic E-state index is 12.7. The summed E-state index contributed by atoms with van der Waals surface area (Å²) < 4.78 is 12.7. The third-order valence-electron chi connectivity index (χ3n) is 2.17. The fourth-order valence-electron chi connectivity index (χ4n) is 1.31. The molecule has 5 nitrogen and oxygen atoms in total. The van der Waals surface area contributed by atoms with Crippen molar-refractivity contribution in [2.24, 2.45) is 0 Å². The van der Waals surface area contributed by atoms with Crippen molar-refractivity contribution in [1.82, 2.24) is 15.3 Å². The summed E-state index contributed by atoms with van der Waals surface area (Å²) in [6.07, 6.45) is 4.44. The van der Waals surface area contributed by atoms with Crippen molar-refractivity contribution in [2.45, 2.75) is 6.54 Å². The zero-order chi connectivity index (χ0) is 12.8. The summed E-state index contributed by atoms with van der Waals surface area (Å²) in [5.74, 6) is 0.0665. The highest BCUT2D eigenvalue weighted by Gasteiger charge is 2.02. The van der Waals surface area contributed by atoms with Crippen molar-refractivity contribution in [3.8, 4) is 0 Å². The van der Waals surface area contributed by atoms with E-state index in [1.807, 2.05) is 0 Å². The maximum Gasteiger partial charge on any atom is 0.320 e. The van der Waals surface area contributed by atoms with Gasteiger partial charge in [-0.05, 0) is 17.7 Å². The molecule has 0 radical (unpaired) electrons. The standard InChI is InChI=1S/C12H11FN4O/c13-10-3-1-9(2-4-10)7-16-12(18)17-11-8-14-5-6-15-11/h1-6,8H,7H2,(H2,15,16,17,18). The van der Waals surface area contributed by atoms with E-state index in [0.29, 0.717) is 12.4 Å². The van der Waals surface area contributed by atoms with E-state index in [2.05, 4.69) is 20.6 Å². The summed E-state index contributed by atoms with van der Waals surface area (Å²) in [4.78, 5) is 19.2. The number of hydrogen-bond donors (Lipinski definition) is 2. The highest BCUT2D eigenvalue weighted by atomic mass is 19.1. The summed E-state index contributed by atoms with van der Waals surface area (Å²) in [7, 11) is 0. The lowest BCUT2D eigenvalue weighted by Crippen LogP contribution is -2.28. The molecule has 2 rings (SSSR count). The van der Waals surface area contributed by atoms with E-state index in [0.717, 1.165) is 5.56 Å². The Morgan fingerprint density at radius 2 is 2.00 bits per heavy atom. The number of urea groups is 1. The van der Waals surface area contributed by atoms with Gasteiger partial charge >= 0.3 is 6.03 Å². The van der Waals surface area contributed by atoms with Crippen LogP contribution < -0.4 is 10.6 Å². The number of benzene rings is 1. The quantitative estimate of drug-likeness (QED) is 0.869. The molecule has 2 N–H and O–H groups in total. The van der Waals surface area contributed by atoms with E-state index < -0.39 is 0 Å². The fourth-order valence-corrected chi connectivity index (χ4v) is 1.31. The lowest BCUT2D eigenvalue weighted by atomic mass is 10.2.